The summed E-state index contributed by atoms with van der Waals surface area (Å²) in [5.41, 5.74) is -2.74. The molecule has 1 aliphatic rings. The molecule has 0 unspecified atom stereocenters. The van der Waals surface area contributed by atoms with E-state index >= 15 is 0 Å². The van der Waals surface area contributed by atoms with E-state index < -0.39 is 36.4 Å². The lowest BCUT2D eigenvalue weighted by atomic mass is 9.96. The Hall–Kier alpha value is -1.67. The first-order valence-corrected chi connectivity index (χ1v) is 4.38. The Kier molecular flexibility index (Phi) is 5.40. The molecule has 5 N–H and O–H groups in total. The van der Waals surface area contributed by atoms with Crippen LogP contribution in [-0.4, -0.2) is 57.0 Å². The fourth-order valence-electron chi connectivity index (χ4n) is 0.714. The van der Waals surface area contributed by atoms with Gasteiger partial charge in [-0.15, -0.1) is 0 Å². The summed E-state index contributed by atoms with van der Waals surface area (Å²) in [6, 6.07) is 0. The minimum absolute atomic E-state index is 1.14. The zero-order valence-corrected chi connectivity index (χ0v) is 8.34. The van der Waals surface area contributed by atoms with Gasteiger partial charge in [-0.3, -0.25) is 9.59 Å². The Morgan fingerprint density at radius 1 is 1.00 bits per heavy atom. The number of carboxylic acid groups (broad SMARTS) is 3. The predicted molar refractivity (Wildman–Crippen MR) is 50.0 cm³/mol. The Morgan fingerprint density at radius 2 is 1.31 bits per heavy atom. The maximum absolute atomic E-state index is 10.3. The molecule has 0 radical (unpaired) electrons. The lowest BCUT2D eigenvalue weighted by Crippen LogP contribution is -2.42. The summed E-state index contributed by atoms with van der Waals surface area (Å²) in [7, 11) is 0. The Labute approximate surface area is 90.5 Å². The fraction of sp³-hybridized carbons (Fsp3) is 0.625. The van der Waals surface area contributed by atoms with Gasteiger partial charge in [0.15, 0.2) is 5.60 Å². The zero-order chi connectivity index (χ0) is 12.8. The van der Waals surface area contributed by atoms with Crippen molar-refractivity contribution in [1.82, 2.24) is 5.32 Å². The van der Waals surface area contributed by atoms with E-state index in [1.807, 2.05) is 0 Å². The first-order chi connectivity index (χ1) is 7.28. The van der Waals surface area contributed by atoms with Crippen molar-refractivity contribution in [1.29, 1.82) is 0 Å². The standard InChI is InChI=1S/C6H8O7.C2H5N/c7-3(8)1-6(13,5(11)12)2-4(9)10;1-2-3-1/h13H,1-2H2,(H,7,8)(H,9,10)(H,11,12);3H,1-2H2. The van der Waals surface area contributed by atoms with Crippen molar-refractivity contribution in [2.75, 3.05) is 13.1 Å². The van der Waals surface area contributed by atoms with Crippen molar-refractivity contribution in [3.63, 3.8) is 0 Å². The van der Waals surface area contributed by atoms with Crippen molar-refractivity contribution >= 4 is 17.9 Å². The first kappa shape index (κ1) is 14.3. The highest BCUT2D eigenvalue weighted by atomic mass is 16.4. The number of carboxylic acids is 3. The molecular weight excluding hydrogens is 222 g/mol. The van der Waals surface area contributed by atoms with Crippen LogP contribution in [-0.2, 0) is 14.4 Å². The van der Waals surface area contributed by atoms with Gasteiger partial charge in [-0.05, 0) is 0 Å². The highest BCUT2D eigenvalue weighted by Crippen LogP contribution is 2.15. The fourth-order valence-corrected chi connectivity index (χ4v) is 0.714. The number of nitrogens with one attached hydrogen (secondary N) is 1. The van der Waals surface area contributed by atoms with E-state index in [4.69, 9.17) is 20.4 Å². The van der Waals surface area contributed by atoms with Crippen molar-refractivity contribution in [2.45, 2.75) is 18.4 Å². The number of carbonyl (C=O) groups is 3. The van der Waals surface area contributed by atoms with Gasteiger partial charge in [-0.1, -0.05) is 0 Å². The van der Waals surface area contributed by atoms with E-state index in [2.05, 4.69) is 5.32 Å². The third-order valence-corrected chi connectivity index (χ3v) is 1.54. The number of aliphatic hydroxyl groups is 1. The normalized spacial score (nSPS) is 13.3. The monoisotopic (exact) mass is 235 g/mol. The van der Waals surface area contributed by atoms with Gasteiger partial charge in [-0.25, -0.2) is 4.79 Å². The Balaban J connectivity index is 0.000000635. The SMILES string of the molecule is C1CN1.O=C(O)CC(O)(CC(=O)O)C(=O)O. The highest BCUT2D eigenvalue weighted by Gasteiger charge is 2.40. The van der Waals surface area contributed by atoms with Crippen LogP contribution in [0, 0.1) is 0 Å². The molecule has 0 spiro atoms. The average Bonchev–Trinajstić information content (AvgIpc) is 2.84. The number of hydrogen-bond acceptors (Lipinski definition) is 5. The molecule has 8 nitrogen and oxygen atoms in total. The third-order valence-electron chi connectivity index (χ3n) is 1.54. The maximum Gasteiger partial charge on any atom is 0.336 e. The number of rotatable bonds is 5. The van der Waals surface area contributed by atoms with Gasteiger partial charge in [-0.2, -0.15) is 0 Å². The topological polar surface area (TPSA) is 154 Å². The first-order valence-electron chi connectivity index (χ1n) is 4.38. The molecule has 0 saturated carbocycles. The molecule has 1 fully saturated rings. The summed E-state index contributed by atoms with van der Waals surface area (Å²) in [6.07, 6.45) is -2.29. The lowest BCUT2D eigenvalue weighted by molar-refractivity contribution is -0.170. The summed E-state index contributed by atoms with van der Waals surface area (Å²) in [4.78, 5) is 30.5. The molecule has 0 aliphatic carbocycles. The molecular formula is C8H13NO7. The molecule has 1 saturated heterocycles. The molecule has 0 aromatic heterocycles. The molecule has 1 aliphatic heterocycles. The summed E-state index contributed by atoms with van der Waals surface area (Å²) < 4.78 is 0. The Morgan fingerprint density at radius 3 is 1.44 bits per heavy atom. The van der Waals surface area contributed by atoms with Crippen LogP contribution in [0.1, 0.15) is 12.8 Å². The zero-order valence-electron chi connectivity index (χ0n) is 8.34. The molecule has 0 aromatic carbocycles. The summed E-state index contributed by atoms with van der Waals surface area (Å²) in [5.74, 6) is -5.02. The summed E-state index contributed by atoms with van der Waals surface area (Å²) in [5, 5.41) is 36.8. The lowest BCUT2D eigenvalue weighted by Gasteiger charge is -2.18. The second-order valence-electron chi connectivity index (χ2n) is 3.23. The van der Waals surface area contributed by atoms with E-state index in [-0.39, 0.29) is 0 Å². The molecule has 0 atom stereocenters. The molecule has 92 valence electrons. The van der Waals surface area contributed by atoms with Crippen LogP contribution in [0.3, 0.4) is 0 Å². The van der Waals surface area contributed by atoms with Gasteiger partial charge >= 0.3 is 17.9 Å². The van der Waals surface area contributed by atoms with Crippen LogP contribution in [0.5, 0.6) is 0 Å². The summed E-state index contributed by atoms with van der Waals surface area (Å²) >= 11 is 0. The van der Waals surface area contributed by atoms with Crippen molar-refractivity contribution in [3.8, 4) is 0 Å². The second kappa shape index (κ2) is 6.03. The van der Waals surface area contributed by atoms with E-state index in [9.17, 15) is 14.4 Å². The quantitative estimate of drug-likeness (QED) is 0.355. The van der Waals surface area contributed by atoms with Gasteiger partial charge in [0.25, 0.3) is 0 Å². The number of hydrogen-bond donors (Lipinski definition) is 5. The van der Waals surface area contributed by atoms with Crippen molar-refractivity contribution in [2.24, 2.45) is 0 Å². The van der Waals surface area contributed by atoms with Gasteiger partial charge in [0.2, 0.25) is 0 Å². The Bertz CT molecular complexity index is 267. The maximum atomic E-state index is 10.3. The number of aliphatic carboxylic acids is 3. The molecule has 0 bridgehead atoms. The van der Waals surface area contributed by atoms with Gasteiger partial charge < -0.3 is 25.7 Å². The third kappa shape index (κ3) is 6.74. The molecule has 8 heteroatoms. The summed E-state index contributed by atoms with van der Waals surface area (Å²) in [6.45, 7) is 2.50. The molecule has 1 heterocycles. The van der Waals surface area contributed by atoms with Gasteiger partial charge in [0.05, 0.1) is 12.8 Å². The largest absolute Gasteiger partial charge is 0.481 e. The highest BCUT2D eigenvalue weighted by molar-refractivity contribution is 5.88. The van der Waals surface area contributed by atoms with E-state index in [0.29, 0.717) is 0 Å². The van der Waals surface area contributed by atoms with Gasteiger partial charge in [0, 0.05) is 13.1 Å². The van der Waals surface area contributed by atoms with E-state index in [0.717, 1.165) is 0 Å². The van der Waals surface area contributed by atoms with E-state index in [1.165, 1.54) is 13.1 Å². The van der Waals surface area contributed by atoms with Crippen LogP contribution < -0.4 is 5.32 Å². The van der Waals surface area contributed by atoms with Gasteiger partial charge in [0.1, 0.15) is 0 Å². The molecule has 0 amide bonds. The van der Waals surface area contributed by atoms with Crippen LogP contribution in [0.15, 0.2) is 0 Å². The van der Waals surface area contributed by atoms with Crippen molar-refractivity contribution in [3.05, 3.63) is 0 Å². The van der Waals surface area contributed by atoms with Crippen LogP contribution in [0.25, 0.3) is 0 Å². The van der Waals surface area contributed by atoms with Crippen LogP contribution in [0.2, 0.25) is 0 Å². The van der Waals surface area contributed by atoms with Crippen LogP contribution in [0.4, 0.5) is 0 Å². The molecule has 16 heavy (non-hydrogen) atoms. The average molecular weight is 235 g/mol. The molecule has 1 rings (SSSR count). The molecule has 0 aromatic rings. The smallest absolute Gasteiger partial charge is 0.336 e. The van der Waals surface area contributed by atoms with E-state index in [1.54, 1.807) is 0 Å². The van der Waals surface area contributed by atoms with Crippen molar-refractivity contribution < 1.29 is 34.8 Å². The predicted octanol–water partition coefficient (Wildman–Crippen LogP) is -1.66. The van der Waals surface area contributed by atoms with Crippen LogP contribution >= 0.6 is 0 Å². The minimum Gasteiger partial charge on any atom is -0.481 e. The second-order valence-corrected chi connectivity index (χ2v) is 3.23. The minimum atomic E-state index is -2.74.